The van der Waals surface area contributed by atoms with Crippen LogP contribution in [-0.4, -0.2) is 29.6 Å². The number of fused-ring (bicyclic) bond motifs is 1. The van der Waals surface area contributed by atoms with Gasteiger partial charge in [-0.1, -0.05) is 11.6 Å². The number of carbonyl (C=O) groups is 2. The van der Waals surface area contributed by atoms with Crippen molar-refractivity contribution in [3.8, 4) is 5.75 Å². The minimum atomic E-state index is -0.718. The van der Waals surface area contributed by atoms with Crippen LogP contribution >= 0.6 is 11.6 Å². The number of hydrogen-bond acceptors (Lipinski definition) is 5. The van der Waals surface area contributed by atoms with Crippen molar-refractivity contribution in [1.29, 1.82) is 0 Å². The molecule has 0 fully saturated rings. The van der Waals surface area contributed by atoms with Gasteiger partial charge in [-0.3, -0.25) is 4.79 Å². The molecule has 0 aliphatic carbocycles. The van der Waals surface area contributed by atoms with Gasteiger partial charge in [-0.05, 0) is 36.4 Å². The molecule has 1 aromatic carbocycles. The Hall–Kier alpha value is -2.60. The summed E-state index contributed by atoms with van der Waals surface area (Å²) in [5.41, 5.74) is 0.401. The highest BCUT2D eigenvalue weighted by Gasteiger charge is 2.28. The van der Waals surface area contributed by atoms with Gasteiger partial charge >= 0.3 is 5.97 Å². The third-order valence-corrected chi connectivity index (χ3v) is 3.52. The molecule has 0 spiro atoms. The summed E-state index contributed by atoms with van der Waals surface area (Å²) in [6, 6.07) is 9.81. The Morgan fingerprint density at radius 3 is 2.87 bits per heavy atom. The Morgan fingerprint density at radius 2 is 2.09 bits per heavy atom. The Labute approximate surface area is 137 Å². The van der Waals surface area contributed by atoms with E-state index >= 15 is 0 Å². The summed E-state index contributed by atoms with van der Waals surface area (Å²) in [6.07, 6.45) is 1.10. The summed E-state index contributed by atoms with van der Waals surface area (Å²) in [6.45, 7) is 0.0646. The fraction of sp³-hybridized carbons (Fsp3) is 0.188. The monoisotopic (exact) mass is 332 g/mol. The van der Waals surface area contributed by atoms with E-state index in [9.17, 15) is 9.59 Å². The van der Waals surface area contributed by atoms with E-state index in [0.717, 1.165) is 0 Å². The summed E-state index contributed by atoms with van der Waals surface area (Å²) in [7, 11) is 0. The van der Waals surface area contributed by atoms with E-state index in [-0.39, 0.29) is 18.9 Å². The number of halogens is 1. The average molecular weight is 333 g/mol. The highest BCUT2D eigenvalue weighted by atomic mass is 35.5. The van der Waals surface area contributed by atoms with E-state index in [2.05, 4.69) is 10.3 Å². The van der Waals surface area contributed by atoms with Crippen molar-refractivity contribution >= 4 is 29.3 Å². The van der Waals surface area contributed by atoms with Crippen molar-refractivity contribution in [2.24, 2.45) is 0 Å². The Balaban J connectivity index is 1.54. The van der Waals surface area contributed by atoms with Gasteiger partial charge in [-0.25, -0.2) is 9.78 Å². The minimum Gasteiger partial charge on any atom is -0.477 e. The highest BCUT2D eigenvalue weighted by molar-refractivity contribution is 6.30. The Morgan fingerprint density at radius 1 is 1.30 bits per heavy atom. The Bertz CT molecular complexity index is 733. The van der Waals surface area contributed by atoms with Crippen molar-refractivity contribution in [2.45, 2.75) is 12.5 Å². The number of amides is 1. The van der Waals surface area contributed by atoms with Crippen LogP contribution in [0.3, 0.4) is 0 Å². The lowest BCUT2D eigenvalue weighted by atomic mass is 10.2. The number of aromatic nitrogens is 1. The molecule has 1 N–H and O–H groups in total. The summed E-state index contributed by atoms with van der Waals surface area (Å²) in [5.74, 6) is 0.117. The highest BCUT2D eigenvalue weighted by Crippen LogP contribution is 2.27. The van der Waals surface area contributed by atoms with Gasteiger partial charge < -0.3 is 14.8 Å². The van der Waals surface area contributed by atoms with Crippen molar-refractivity contribution in [1.82, 2.24) is 4.98 Å². The van der Waals surface area contributed by atoms with Crippen molar-refractivity contribution in [3.63, 3.8) is 0 Å². The maximum atomic E-state index is 11.9. The van der Waals surface area contributed by atoms with E-state index in [4.69, 9.17) is 21.1 Å². The molecule has 118 valence electrons. The van der Waals surface area contributed by atoms with Gasteiger partial charge in [0.25, 0.3) is 5.91 Å². The second kappa shape index (κ2) is 6.66. The molecular weight excluding hydrogens is 320 g/mol. The van der Waals surface area contributed by atoms with Crippen LogP contribution in [0.25, 0.3) is 0 Å². The molecule has 2 heterocycles. The van der Waals surface area contributed by atoms with E-state index < -0.39 is 12.1 Å². The van der Waals surface area contributed by atoms with Crippen LogP contribution in [0.15, 0.2) is 42.6 Å². The van der Waals surface area contributed by atoms with Gasteiger partial charge in [0.05, 0.1) is 12.2 Å². The number of esters is 1. The number of ether oxygens (including phenoxy) is 2. The zero-order valence-corrected chi connectivity index (χ0v) is 12.7. The number of nitrogens with zero attached hydrogens (tertiary/aromatic N) is 1. The van der Waals surface area contributed by atoms with E-state index in [1.807, 2.05) is 0 Å². The SMILES string of the molecule is O=C(OCC[C@@H]1Oc2cccnc2NC1=O)c1ccc(Cl)cc1. The number of carbonyl (C=O) groups excluding carboxylic acids is 2. The molecule has 1 aromatic heterocycles. The molecule has 23 heavy (non-hydrogen) atoms. The van der Waals surface area contributed by atoms with Crippen LogP contribution in [0.4, 0.5) is 5.82 Å². The first kappa shape index (κ1) is 15.3. The molecule has 0 unspecified atom stereocenters. The van der Waals surface area contributed by atoms with Crippen LogP contribution in [0.1, 0.15) is 16.8 Å². The fourth-order valence-electron chi connectivity index (χ4n) is 2.10. The lowest BCUT2D eigenvalue weighted by Gasteiger charge is -2.24. The molecule has 0 radical (unpaired) electrons. The van der Waals surface area contributed by atoms with Crippen molar-refractivity contribution < 1.29 is 19.1 Å². The largest absolute Gasteiger partial charge is 0.477 e. The summed E-state index contributed by atoms with van der Waals surface area (Å²) >= 11 is 5.76. The predicted molar refractivity (Wildman–Crippen MR) is 83.6 cm³/mol. The third kappa shape index (κ3) is 3.60. The van der Waals surface area contributed by atoms with Crippen LogP contribution in [-0.2, 0) is 9.53 Å². The number of anilines is 1. The Kier molecular flexibility index (Phi) is 4.43. The van der Waals surface area contributed by atoms with Gasteiger partial charge in [0.15, 0.2) is 17.7 Å². The van der Waals surface area contributed by atoms with Crippen molar-refractivity contribution in [2.75, 3.05) is 11.9 Å². The molecule has 6 nitrogen and oxygen atoms in total. The molecular formula is C16H13ClN2O4. The molecule has 1 aliphatic heterocycles. The smallest absolute Gasteiger partial charge is 0.338 e. The topological polar surface area (TPSA) is 77.5 Å². The van der Waals surface area contributed by atoms with Crippen LogP contribution in [0, 0.1) is 0 Å². The number of rotatable bonds is 4. The summed E-state index contributed by atoms with van der Waals surface area (Å²) in [4.78, 5) is 27.8. The average Bonchev–Trinajstić information content (AvgIpc) is 2.56. The zero-order valence-electron chi connectivity index (χ0n) is 12.0. The maximum absolute atomic E-state index is 11.9. The minimum absolute atomic E-state index is 0.0646. The second-order valence-electron chi connectivity index (χ2n) is 4.88. The normalized spacial score (nSPS) is 16.0. The molecule has 0 bridgehead atoms. The van der Waals surface area contributed by atoms with Crippen molar-refractivity contribution in [3.05, 3.63) is 53.2 Å². The summed E-state index contributed by atoms with van der Waals surface area (Å²) in [5, 5.41) is 3.20. The first-order valence-corrected chi connectivity index (χ1v) is 7.36. The van der Waals surface area contributed by atoms with Gasteiger partial charge in [-0.2, -0.15) is 0 Å². The molecule has 3 rings (SSSR count). The van der Waals surface area contributed by atoms with Crippen LogP contribution in [0.2, 0.25) is 5.02 Å². The lowest BCUT2D eigenvalue weighted by molar-refractivity contribution is -0.124. The van der Waals surface area contributed by atoms with Gasteiger partial charge in [-0.15, -0.1) is 0 Å². The number of benzene rings is 1. The summed E-state index contributed by atoms with van der Waals surface area (Å²) < 4.78 is 10.7. The predicted octanol–water partition coefficient (Wildman–Crippen LogP) is 2.68. The quantitative estimate of drug-likeness (QED) is 0.871. The molecule has 2 aromatic rings. The van der Waals surface area contributed by atoms with Crippen LogP contribution in [0.5, 0.6) is 5.75 Å². The second-order valence-corrected chi connectivity index (χ2v) is 5.31. The molecule has 1 aliphatic rings. The van der Waals surface area contributed by atoms with E-state index in [1.54, 1.807) is 42.6 Å². The molecule has 7 heteroatoms. The maximum Gasteiger partial charge on any atom is 0.338 e. The van der Waals surface area contributed by atoms with Crippen LogP contribution < -0.4 is 10.1 Å². The molecule has 0 saturated carbocycles. The number of hydrogen-bond donors (Lipinski definition) is 1. The molecule has 1 amide bonds. The van der Waals surface area contributed by atoms with Gasteiger partial charge in [0.2, 0.25) is 0 Å². The van der Waals surface area contributed by atoms with E-state index in [1.165, 1.54) is 0 Å². The first-order chi connectivity index (χ1) is 11.1. The standard InChI is InChI=1S/C16H13ClN2O4/c17-11-5-3-10(4-6-11)16(21)22-9-7-13-15(20)19-14-12(23-13)2-1-8-18-14/h1-6,8,13H,7,9H2,(H,18,19,20)/t13-/m0/s1. The fourth-order valence-corrected chi connectivity index (χ4v) is 2.23. The van der Waals surface area contributed by atoms with Gasteiger partial charge in [0, 0.05) is 17.6 Å². The lowest BCUT2D eigenvalue weighted by Crippen LogP contribution is -2.38. The molecule has 1 atom stereocenters. The van der Waals surface area contributed by atoms with Gasteiger partial charge in [0.1, 0.15) is 0 Å². The molecule has 0 saturated heterocycles. The number of pyridine rings is 1. The van der Waals surface area contributed by atoms with E-state index in [0.29, 0.717) is 22.2 Å². The number of nitrogens with one attached hydrogen (secondary N) is 1. The third-order valence-electron chi connectivity index (χ3n) is 3.27. The first-order valence-electron chi connectivity index (χ1n) is 6.99. The zero-order chi connectivity index (χ0) is 16.2.